The van der Waals surface area contributed by atoms with Gasteiger partial charge in [-0.1, -0.05) is 11.1 Å². The summed E-state index contributed by atoms with van der Waals surface area (Å²) in [5, 5.41) is 6.87. The first kappa shape index (κ1) is 18.9. The van der Waals surface area contributed by atoms with E-state index in [9.17, 15) is 13.2 Å². The fourth-order valence-electron chi connectivity index (χ4n) is 3.16. The molecule has 0 aromatic carbocycles. The van der Waals surface area contributed by atoms with Crippen LogP contribution in [0.15, 0.2) is 23.4 Å². The van der Waals surface area contributed by atoms with Crippen LogP contribution in [0.5, 0.6) is 0 Å². The van der Waals surface area contributed by atoms with Crippen molar-refractivity contribution in [1.82, 2.24) is 24.7 Å². The zero-order chi connectivity index (χ0) is 19.9. The van der Waals surface area contributed by atoms with E-state index >= 15 is 0 Å². The summed E-state index contributed by atoms with van der Waals surface area (Å²) in [5.41, 5.74) is 1.86. The maximum Gasteiger partial charge on any atom is 0.435 e. The summed E-state index contributed by atoms with van der Waals surface area (Å²) in [6.45, 7) is 4.18. The molecule has 2 heterocycles. The highest BCUT2D eigenvalue weighted by Gasteiger charge is 2.34. The quantitative estimate of drug-likeness (QED) is 0.711. The van der Waals surface area contributed by atoms with Gasteiger partial charge in [0.2, 0.25) is 5.95 Å². The van der Waals surface area contributed by atoms with Gasteiger partial charge in [0.1, 0.15) is 5.82 Å². The molecule has 0 unspecified atom stereocenters. The molecule has 1 N–H and O–H groups in total. The number of nitrogens with zero attached hydrogens (tertiary/aromatic N) is 5. The number of halogens is 3. The van der Waals surface area contributed by atoms with E-state index in [0.717, 1.165) is 30.0 Å². The number of hydrogen-bond donors (Lipinski definition) is 1. The van der Waals surface area contributed by atoms with Crippen molar-refractivity contribution in [2.24, 2.45) is 5.92 Å². The molecule has 2 saturated carbocycles. The number of aromatic nitrogens is 5. The second-order valence-corrected chi connectivity index (χ2v) is 7.67. The first-order valence-electron chi connectivity index (χ1n) is 9.62. The molecule has 1 atom stereocenters. The summed E-state index contributed by atoms with van der Waals surface area (Å²) in [5.74, 6) is 1.63. The zero-order valence-electron chi connectivity index (χ0n) is 15.9. The highest BCUT2D eigenvalue weighted by molar-refractivity contribution is 5.31. The molecule has 9 heteroatoms. The van der Waals surface area contributed by atoms with Gasteiger partial charge in [0.25, 0.3) is 5.95 Å². The summed E-state index contributed by atoms with van der Waals surface area (Å²) in [6.07, 6.45) is 2.83. The molecule has 0 amide bonds. The van der Waals surface area contributed by atoms with E-state index < -0.39 is 11.9 Å². The summed E-state index contributed by atoms with van der Waals surface area (Å²) in [4.78, 5) is 13.2. The molecular formula is C19H23F3N6. The Balaban J connectivity index is 1.60. The molecule has 6 nitrogen and oxygen atoms in total. The molecule has 0 bridgehead atoms. The van der Waals surface area contributed by atoms with Crippen molar-refractivity contribution < 1.29 is 13.2 Å². The van der Waals surface area contributed by atoms with Gasteiger partial charge in [0, 0.05) is 18.7 Å². The van der Waals surface area contributed by atoms with E-state index in [0.29, 0.717) is 24.1 Å². The van der Waals surface area contributed by atoms with E-state index in [1.165, 1.54) is 30.2 Å². The summed E-state index contributed by atoms with van der Waals surface area (Å²) in [6, 6.07) is 1.13. The molecule has 4 rings (SSSR count). The molecule has 2 aromatic heterocycles. The average molecular weight is 392 g/mol. The first-order valence-corrected chi connectivity index (χ1v) is 9.62. The molecule has 2 fully saturated rings. The lowest BCUT2D eigenvalue weighted by atomic mass is 10.1. The van der Waals surface area contributed by atoms with Crippen LogP contribution in [0.4, 0.5) is 19.1 Å². The van der Waals surface area contributed by atoms with Crippen LogP contribution in [0.25, 0.3) is 5.95 Å². The molecule has 150 valence electrons. The van der Waals surface area contributed by atoms with Crippen molar-refractivity contribution in [2.45, 2.75) is 64.6 Å². The van der Waals surface area contributed by atoms with Crippen molar-refractivity contribution in [2.75, 3.05) is 5.32 Å². The topological polar surface area (TPSA) is 68.5 Å². The average Bonchev–Trinajstić information content (AvgIpc) is 3.55. The van der Waals surface area contributed by atoms with Gasteiger partial charge < -0.3 is 5.32 Å². The Hall–Kier alpha value is -2.45. The molecule has 2 aliphatic rings. The normalized spacial score (nSPS) is 17.5. The summed E-state index contributed by atoms with van der Waals surface area (Å²) in [7, 11) is 0. The van der Waals surface area contributed by atoms with E-state index in [1.807, 2.05) is 0 Å². The highest BCUT2D eigenvalue weighted by atomic mass is 19.4. The Kier molecular flexibility index (Phi) is 4.84. The molecular weight excluding hydrogens is 369 g/mol. The lowest BCUT2D eigenvalue weighted by molar-refractivity contribution is -0.141. The van der Waals surface area contributed by atoms with Gasteiger partial charge in [-0.25, -0.2) is 4.68 Å². The van der Waals surface area contributed by atoms with Gasteiger partial charge in [-0.05, 0) is 57.9 Å². The van der Waals surface area contributed by atoms with E-state index in [4.69, 9.17) is 0 Å². The molecule has 28 heavy (non-hydrogen) atoms. The lowest BCUT2D eigenvalue weighted by Crippen LogP contribution is -2.21. The second kappa shape index (κ2) is 7.18. The minimum atomic E-state index is -4.50. The molecule has 0 spiro atoms. The number of aryl methyl sites for hydroxylation is 1. The molecule has 0 radical (unpaired) electrons. The number of anilines is 1. The molecule has 2 aromatic rings. The van der Waals surface area contributed by atoms with Crippen LogP contribution < -0.4 is 5.32 Å². The minimum Gasteiger partial charge on any atom is -0.351 e. The number of alkyl halides is 3. The standard InChI is InChI=1S/C19H23F3N6/c1-11(13-4-5-13)3-8-16-24-17(23-12(2)14-6-7-14)26-18(25-16)28-10-9-15(27-28)19(20,21)22/h9-10,12,14H,3-8H2,1-2H3,(H,23,24,25,26)/t12-/m1/s1. The van der Waals surface area contributed by atoms with Gasteiger partial charge in [-0.2, -0.15) is 33.2 Å². The third-order valence-electron chi connectivity index (χ3n) is 5.27. The van der Waals surface area contributed by atoms with Crippen LogP contribution in [0.2, 0.25) is 0 Å². The molecule has 2 aliphatic carbocycles. The summed E-state index contributed by atoms with van der Waals surface area (Å²) < 4.78 is 39.7. The summed E-state index contributed by atoms with van der Waals surface area (Å²) >= 11 is 0. The fourth-order valence-corrected chi connectivity index (χ4v) is 3.16. The SMILES string of the molecule is CC(CCc1nc(N[C@H](C)C2CC2)nc(-n2ccc(C(F)(F)F)n2)n1)=C1CC1. The van der Waals surface area contributed by atoms with Crippen LogP contribution >= 0.6 is 0 Å². The van der Waals surface area contributed by atoms with Crippen LogP contribution in [-0.4, -0.2) is 30.8 Å². The van der Waals surface area contributed by atoms with Crippen molar-refractivity contribution in [3.8, 4) is 5.95 Å². The number of rotatable bonds is 7. The highest BCUT2D eigenvalue weighted by Crippen LogP contribution is 2.34. The van der Waals surface area contributed by atoms with Crippen LogP contribution in [0.3, 0.4) is 0 Å². The van der Waals surface area contributed by atoms with E-state index in [2.05, 4.69) is 39.2 Å². The van der Waals surface area contributed by atoms with Crippen molar-refractivity contribution in [3.05, 3.63) is 34.9 Å². The Morgan fingerprint density at radius 2 is 2.00 bits per heavy atom. The van der Waals surface area contributed by atoms with E-state index in [1.54, 1.807) is 0 Å². The van der Waals surface area contributed by atoms with Gasteiger partial charge in [0.05, 0.1) is 0 Å². The predicted molar refractivity (Wildman–Crippen MR) is 98.0 cm³/mol. The monoisotopic (exact) mass is 392 g/mol. The minimum absolute atomic E-state index is 0.0997. The molecule has 0 aliphatic heterocycles. The predicted octanol–water partition coefficient (Wildman–Crippen LogP) is 4.33. The van der Waals surface area contributed by atoms with Crippen LogP contribution in [-0.2, 0) is 12.6 Å². The number of allylic oxidation sites excluding steroid dienone is 2. The van der Waals surface area contributed by atoms with Crippen molar-refractivity contribution >= 4 is 5.95 Å². The number of hydrogen-bond acceptors (Lipinski definition) is 5. The lowest BCUT2D eigenvalue weighted by Gasteiger charge is -2.14. The maximum atomic E-state index is 12.9. The van der Waals surface area contributed by atoms with Crippen molar-refractivity contribution in [3.63, 3.8) is 0 Å². The largest absolute Gasteiger partial charge is 0.435 e. The maximum absolute atomic E-state index is 12.9. The zero-order valence-corrected chi connectivity index (χ0v) is 15.9. The second-order valence-electron chi connectivity index (χ2n) is 7.67. The first-order chi connectivity index (χ1) is 13.3. The molecule has 0 saturated heterocycles. The van der Waals surface area contributed by atoms with Crippen LogP contribution in [0, 0.1) is 5.92 Å². The van der Waals surface area contributed by atoms with Gasteiger partial charge >= 0.3 is 6.18 Å². The van der Waals surface area contributed by atoms with Gasteiger partial charge in [-0.3, -0.25) is 0 Å². The van der Waals surface area contributed by atoms with Gasteiger partial charge in [-0.15, -0.1) is 0 Å². The van der Waals surface area contributed by atoms with Crippen molar-refractivity contribution in [1.29, 1.82) is 0 Å². The Bertz CT molecular complexity index is 891. The Morgan fingerprint density at radius 1 is 1.25 bits per heavy atom. The van der Waals surface area contributed by atoms with Gasteiger partial charge in [0.15, 0.2) is 5.69 Å². The third-order valence-corrected chi connectivity index (χ3v) is 5.27. The number of nitrogens with one attached hydrogen (secondary N) is 1. The Labute approximate surface area is 161 Å². The smallest absolute Gasteiger partial charge is 0.351 e. The fraction of sp³-hybridized carbons (Fsp3) is 0.579. The third kappa shape index (κ3) is 4.51. The van der Waals surface area contributed by atoms with Crippen LogP contribution in [0.1, 0.15) is 57.5 Å². The van der Waals surface area contributed by atoms with E-state index in [-0.39, 0.29) is 12.0 Å². The Morgan fingerprint density at radius 3 is 2.61 bits per heavy atom.